The average molecular weight is 325 g/mol. The summed E-state index contributed by atoms with van der Waals surface area (Å²) in [6.45, 7) is 6.37. The van der Waals surface area contributed by atoms with Crippen LogP contribution in [0.25, 0.3) is 0 Å². The first-order valence-corrected chi connectivity index (χ1v) is 9.48. The van der Waals surface area contributed by atoms with Crippen LogP contribution in [0.3, 0.4) is 0 Å². The number of hydrogen-bond donors (Lipinski definition) is 2. The zero-order valence-corrected chi connectivity index (χ0v) is 14.5. The lowest BCUT2D eigenvalue weighted by Crippen LogP contribution is -2.40. The van der Waals surface area contributed by atoms with Crippen molar-refractivity contribution >= 4 is 15.8 Å². The van der Waals surface area contributed by atoms with E-state index in [0.717, 1.165) is 12.4 Å². The first kappa shape index (κ1) is 17.2. The molecule has 0 aliphatic heterocycles. The van der Waals surface area contributed by atoms with Crippen LogP contribution in [0.1, 0.15) is 52.9 Å². The second-order valence-corrected chi connectivity index (χ2v) is 8.80. The van der Waals surface area contributed by atoms with Gasteiger partial charge < -0.3 is 5.32 Å². The zero-order valence-electron chi connectivity index (χ0n) is 13.7. The van der Waals surface area contributed by atoms with Crippen molar-refractivity contribution in [1.29, 1.82) is 0 Å². The third-order valence-corrected chi connectivity index (χ3v) is 5.53. The van der Waals surface area contributed by atoms with E-state index in [1.807, 2.05) is 20.8 Å². The predicted octanol–water partition coefficient (Wildman–Crippen LogP) is 3.15. The molecule has 0 unspecified atom stereocenters. The minimum atomic E-state index is -3.51. The molecule has 1 aromatic rings. The standard InChI is InChI=1S/C16H27N3O2S/c1-16(2,3)19-22(20,21)14-9-10-15(18-12-14)17-11-13-7-5-4-6-8-13/h9-10,12-13,19H,4-8,11H2,1-3H3,(H,17,18). The second kappa shape index (κ2) is 6.96. The van der Waals surface area contributed by atoms with Gasteiger partial charge in [0.1, 0.15) is 10.7 Å². The van der Waals surface area contributed by atoms with Gasteiger partial charge in [0.2, 0.25) is 10.0 Å². The van der Waals surface area contributed by atoms with Crippen molar-refractivity contribution in [3.63, 3.8) is 0 Å². The minimum Gasteiger partial charge on any atom is -0.370 e. The summed E-state index contributed by atoms with van der Waals surface area (Å²) in [4.78, 5) is 4.43. The van der Waals surface area contributed by atoms with E-state index in [9.17, 15) is 8.42 Å². The fourth-order valence-corrected chi connectivity index (χ4v) is 4.11. The van der Waals surface area contributed by atoms with E-state index in [0.29, 0.717) is 5.92 Å². The number of hydrogen-bond acceptors (Lipinski definition) is 4. The van der Waals surface area contributed by atoms with Gasteiger partial charge in [-0.1, -0.05) is 19.3 Å². The maximum Gasteiger partial charge on any atom is 0.242 e. The van der Waals surface area contributed by atoms with Crippen LogP contribution in [0.2, 0.25) is 0 Å². The molecule has 22 heavy (non-hydrogen) atoms. The summed E-state index contributed by atoms with van der Waals surface area (Å²) in [5.41, 5.74) is -0.503. The first-order chi connectivity index (χ1) is 10.3. The van der Waals surface area contributed by atoms with E-state index in [1.54, 1.807) is 12.1 Å². The third kappa shape index (κ3) is 5.25. The van der Waals surface area contributed by atoms with Crippen molar-refractivity contribution in [2.24, 2.45) is 5.92 Å². The fourth-order valence-electron chi connectivity index (χ4n) is 2.75. The van der Waals surface area contributed by atoms with Crippen LogP contribution >= 0.6 is 0 Å². The molecule has 0 spiro atoms. The molecule has 6 heteroatoms. The molecule has 0 aromatic carbocycles. The Labute approximate surface area is 134 Å². The topological polar surface area (TPSA) is 71.1 Å². The summed E-state index contributed by atoms with van der Waals surface area (Å²) < 4.78 is 27.0. The van der Waals surface area contributed by atoms with Crippen LogP contribution < -0.4 is 10.0 Å². The Morgan fingerprint density at radius 3 is 2.41 bits per heavy atom. The van der Waals surface area contributed by atoms with Gasteiger partial charge in [0, 0.05) is 18.3 Å². The highest BCUT2D eigenvalue weighted by molar-refractivity contribution is 7.89. The Hall–Kier alpha value is -1.14. The summed E-state index contributed by atoms with van der Waals surface area (Å²) in [6.07, 6.45) is 7.94. The highest BCUT2D eigenvalue weighted by Crippen LogP contribution is 2.23. The number of rotatable bonds is 5. The molecule has 1 aliphatic carbocycles. The molecule has 1 fully saturated rings. The molecular weight excluding hydrogens is 298 g/mol. The minimum absolute atomic E-state index is 0.200. The molecule has 1 aliphatic rings. The molecule has 1 saturated carbocycles. The second-order valence-electron chi connectivity index (χ2n) is 7.12. The Bertz CT molecular complexity index is 570. The third-order valence-electron chi connectivity index (χ3n) is 3.78. The summed E-state index contributed by atoms with van der Waals surface area (Å²) >= 11 is 0. The fraction of sp³-hybridized carbons (Fsp3) is 0.688. The Morgan fingerprint density at radius 1 is 1.18 bits per heavy atom. The molecule has 2 N–H and O–H groups in total. The number of sulfonamides is 1. The number of nitrogens with one attached hydrogen (secondary N) is 2. The van der Waals surface area contributed by atoms with Crippen molar-refractivity contribution in [2.45, 2.75) is 63.3 Å². The summed E-state index contributed by atoms with van der Waals surface area (Å²) in [5.74, 6) is 1.45. The van der Waals surface area contributed by atoms with Gasteiger partial charge in [0.05, 0.1) is 0 Å². The quantitative estimate of drug-likeness (QED) is 0.872. The normalized spacial score (nSPS) is 17.4. The largest absolute Gasteiger partial charge is 0.370 e. The summed E-state index contributed by atoms with van der Waals surface area (Å²) in [5, 5.41) is 3.31. The smallest absolute Gasteiger partial charge is 0.242 e. The van der Waals surface area contributed by atoms with Crippen LogP contribution in [-0.4, -0.2) is 25.5 Å². The van der Waals surface area contributed by atoms with E-state index in [-0.39, 0.29) is 4.90 Å². The van der Waals surface area contributed by atoms with E-state index >= 15 is 0 Å². The lowest BCUT2D eigenvalue weighted by Gasteiger charge is -2.22. The Balaban J connectivity index is 1.95. The molecule has 0 amide bonds. The monoisotopic (exact) mass is 325 g/mol. The Kier molecular flexibility index (Phi) is 5.45. The molecule has 1 aromatic heterocycles. The zero-order chi connectivity index (χ0) is 16.2. The van der Waals surface area contributed by atoms with Crippen molar-refractivity contribution in [2.75, 3.05) is 11.9 Å². The molecule has 2 rings (SSSR count). The lowest BCUT2D eigenvalue weighted by molar-refractivity contribution is 0.373. The number of anilines is 1. The van der Waals surface area contributed by atoms with Gasteiger partial charge in [-0.25, -0.2) is 18.1 Å². The van der Waals surface area contributed by atoms with E-state index in [1.165, 1.54) is 38.3 Å². The van der Waals surface area contributed by atoms with Crippen LogP contribution in [0.15, 0.2) is 23.2 Å². The van der Waals surface area contributed by atoms with Crippen molar-refractivity contribution in [3.05, 3.63) is 18.3 Å². The van der Waals surface area contributed by atoms with Crippen molar-refractivity contribution in [1.82, 2.24) is 9.71 Å². The van der Waals surface area contributed by atoms with Crippen molar-refractivity contribution < 1.29 is 8.42 Å². The average Bonchev–Trinajstić information content (AvgIpc) is 2.44. The van der Waals surface area contributed by atoms with E-state index in [4.69, 9.17) is 0 Å². The molecule has 0 saturated heterocycles. The first-order valence-electron chi connectivity index (χ1n) is 8.00. The molecular formula is C16H27N3O2S. The maximum absolute atomic E-state index is 12.2. The SMILES string of the molecule is CC(C)(C)NS(=O)(=O)c1ccc(NCC2CCCCC2)nc1. The van der Waals surface area contributed by atoms with Gasteiger partial charge in [-0.05, 0) is 51.7 Å². The van der Waals surface area contributed by atoms with Crippen LogP contribution in [0.5, 0.6) is 0 Å². The van der Waals surface area contributed by atoms with Gasteiger partial charge in [-0.15, -0.1) is 0 Å². The van der Waals surface area contributed by atoms with Crippen LogP contribution in [-0.2, 0) is 10.0 Å². The molecule has 124 valence electrons. The molecule has 0 radical (unpaired) electrons. The number of nitrogens with zero attached hydrogens (tertiary/aromatic N) is 1. The molecule has 5 nitrogen and oxygen atoms in total. The molecule has 0 atom stereocenters. The van der Waals surface area contributed by atoms with Gasteiger partial charge in [-0.2, -0.15) is 0 Å². The van der Waals surface area contributed by atoms with Crippen LogP contribution in [0.4, 0.5) is 5.82 Å². The maximum atomic E-state index is 12.2. The summed E-state index contributed by atoms with van der Waals surface area (Å²) in [7, 11) is -3.51. The van der Waals surface area contributed by atoms with Gasteiger partial charge >= 0.3 is 0 Å². The highest BCUT2D eigenvalue weighted by Gasteiger charge is 2.22. The van der Waals surface area contributed by atoms with E-state index < -0.39 is 15.6 Å². The van der Waals surface area contributed by atoms with Crippen LogP contribution in [0, 0.1) is 5.92 Å². The Morgan fingerprint density at radius 2 is 1.86 bits per heavy atom. The van der Waals surface area contributed by atoms with Gasteiger partial charge in [-0.3, -0.25) is 0 Å². The lowest BCUT2D eigenvalue weighted by atomic mass is 9.89. The van der Waals surface area contributed by atoms with E-state index in [2.05, 4.69) is 15.0 Å². The molecule has 1 heterocycles. The number of aromatic nitrogens is 1. The molecule has 0 bridgehead atoms. The highest BCUT2D eigenvalue weighted by atomic mass is 32.2. The van der Waals surface area contributed by atoms with Crippen molar-refractivity contribution in [3.8, 4) is 0 Å². The van der Waals surface area contributed by atoms with Gasteiger partial charge in [0.15, 0.2) is 0 Å². The van der Waals surface area contributed by atoms with Gasteiger partial charge in [0.25, 0.3) is 0 Å². The summed E-state index contributed by atoms with van der Waals surface area (Å²) in [6, 6.07) is 3.34. The number of pyridine rings is 1. The predicted molar refractivity (Wildman–Crippen MR) is 89.4 cm³/mol.